The van der Waals surface area contributed by atoms with E-state index in [4.69, 9.17) is 4.74 Å². The van der Waals surface area contributed by atoms with Crippen LogP contribution in [0, 0.1) is 13.8 Å². The van der Waals surface area contributed by atoms with E-state index >= 15 is 0 Å². The van der Waals surface area contributed by atoms with Crippen LogP contribution < -0.4 is 10.1 Å². The fraction of sp³-hybridized carbons (Fsp3) is 0.350. The second-order valence-corrected chi connectivity index (χ2v) is 6.36. The first-order valence-corrected chi connectivity index (χ1v) is 8.39. The maximum atomic E-state index is 12.3. The number of fused-ring (bicyclic) bond motifs is 1. The average Bonchev–Trinajstić information content (AvgIpc) is 2.91. The molecule has 0 radical (unpaired) electrons. The highest BCUT2D eigenvalue weighted by Gasteiger charge is 2.21. The van der Waals surface area contributed by atoms with Crippen molar-refractivity contribution >= 4 is 11.6 Å². The van der Waals surface area contributed by atoms with Crippen LogP contribution >= 0.6 is 0 Å². The zero-order chi connectivity index (χ0) is 17.1. The van der Waals surface area contributed by atoms with E-state index in [2.05, 4.69) is 36.2 Å². The molecule has 0 spiro atoms. The maximum Gasteiger partial charge on any atom is 0.238 e. The van der Waals surface area contributed by atoms with Gasteiger partial charge in [-0.25, -0.2) is 0 Å². The molecule has 0 unspecified atom stereocenters. The quantitative estimate of drug-likeness (QED) is 0.912. The first-order valence-electron chi connectivity index (χ1n) is 8.39. The fourth-order valence-electron chi connectivity index (χ4n) is 3.08. The SMILES string of the molecule is CCOc1ccc(NC(=O)CN2Cc3cc(C)c(C)cc3C2)cc1. The molecule has 1 heterocycles. The molecule has 1 N–H and O–H groups in total. The van der Waals surface area contributed by atoms with E-state index in [0.29, 0.717) is 13.2 Å². The molecule has 0 aliphatic carbocycles. The van der Waals surface area contributed by atoms with Crippen LogP contribution in [0.15, 0.2) is 36.4 Å². The number of benzene rings is 2. The topological polar surface area (TPSA) is 41.6 Å². The lowest BCUT2D eigenvalue weighted by molar-refractivity contribution is -0.117. The highest BCUT2D eigenvalue weighted by Crippen LogP contribution is 2.25. The molecule has 0 atom stereocenters. The Morgan fingerprint density at radius 1 is 1.08 bits per heavy atom. The summed E-state index contributed by atoms with van der Waals surface area (Å²) >= 11 is 0. The van der Waals surface area contributed by atoms with E-state index in [1.807, 2.05) is 31.2 Å². The molecule has 1 aliphatic heterocycles. The minimum atomic E-state index is 0.0143. The minimum absolute atomic E-state index is 0.0143. The largest absolute Gasteiger partial charge is 0.494 e. The zero-order valence-corrected chi connectivity index (χ0v) is 14.6. The molecule has 0 saturated heterocycles. The molecule has 3 rings (SSSR count). The lowest BCUT2D eigenvalue weighted by Gasteiger charge is -2.14. The van der Waals surface area contributed by atoms with Crippen LogP contribution in [0.5, 0.6) is 5.75 Å². The normalized spacial score (nSPS) is 13.6. The van der Waals surface area contributed by atoms with E-state index in [9.17, 15) is 4.79 Å². The molecule has 1 amide bonds. The van der Waals surface area contributed by atoms with E-state index < -0.39 is 0 Å². The van der Waals surface area contributed by atoms with Crippen LogP contribution in [-0.2, 0) is 17.9 Å². The summed E-state index contributed by atoms with van der Waals surface area (Å²) in [5.74, 6) is 0.830. The second-order valence-electron chi connectivity index (χ2n) is 6.36. The molecular formula is C20H24N2O2. The van der Waals surface area contributed by atoms with E-state index in [0.717, 1.165) is 24.5 Å². The lowest BCUT2D eigenvalue weighted by atomic mass is 10.0. The number of hydrogen-bond donors (Lipinski definition) is 1. The standard InChI is InChI=1S/C20H24N2O2/c1-4-24-19-7-5-18(6-8-19)21-20(23)13-22-11-16-9-14(2)15(3)10-17(16)12-22/h5-10H,4,11-13H2,1-3H3,(H,21,23). The Hall–Kier alpha value is -2.33. The third-order valence-electron chi connectivity index (χ3n) is 4.42. The van der Waals surface area contributed by atoms with Crippen molar-refractivity contribution in [2.24, 2.45) is 0 Å². The number of nitrogens with one attached hydrogen (secondary N) is 1. The van der Waals surface area contributed by atoms with Gasteiger partial charge in [0.1, 0.15) is 5.75 Å². The number of carbonyl (C=O) groups is 1. The van der Waals surface area contributed by atoms with Crippen molar-refractivity contribution in [3.05, 3.63) is 58.7 Å². The number of carbonyl (C=O) groups excluding carboxylic acids is 1. The van der Waals surface area contributed by atoms with E-state index in [-0.39, 0.29) is 5.91 Å². The number of amides is 1. The van der Waals surface area contributed by atoms with Crippen LogP contribution in [-0.4, -0.2) is 24.0 Å². The Morgan fingerprint density at radius 3 is 2.21 bits per heavy atom. The van der Waals surface area contributed by atoms with Gasteiger partial charge in [0.15, 0.2) is 0 Å². The Morgan fingerprint density at radius 2 is 1.67 bits per heavy atom. The predicted octanol–water partition coefficient (Wildman–Crippen LogP) is 3.66. The molecule has 24 heavy (non-hydrogen) atoms. The summed E-state index contributed by atoms with van der Waals surface area (Å²) in [5, 5.41) is 2.95. The average molecular weight is 324 g/mol. The van der Waals surface area contributed by atoms with Crippen molar-refractivity contribution < 1.29 is 9.53 Å². The van der Waals surface area contributed by atoms with Gasteiger partial charge in [0.05, 0.1) is 13.2 Å². The summed E-state index contributed by atoms with van der Waals surface area (Å²) in [6.45, 7) is 8.95. The first-order chi connectivity index (χ1) is 11.5. The van der Waals surface area contributed by atoms with Gasteiger partial charge < -0.3 is 10.1 Å². The molecule has 126 valence electrons. The Bertz CT molecular complexity index is 707. The maximum absolute atomic E-state index is 12.3. The summed E-state index contributed by atoms with van der Waals surface area (Å²) < 4.78 is 5.41. The second kappa shape index (κ2) is 7.05. The van der Waals surface area contributed by atoms with E-state index in [1.54, 1.807) is 0 Å². The smallest absolute Gasteiger partial charge is 0.238 e. The van der Waals surface area contributed by atoms with E-state index in [1.165, 1.54) is 22.3 Å². The predicted molar refractivity (Wildman–Crippen MR) is 96.3 cm³/mol. The van der Waals surface area contributed by atoms with Gasteiger partial charge in [-0.2, -0.15) is 0 Å². The van der Waals surface area contributed by atoms with Gasteiger partial charge in [0.2, 0.25) is 5.91 Å². The highest BCUT2D eigenvalue weighted by molar-refractivity contribution is 5.92. The summed E-state index contributed by atoms with van der Waals surface area (Å²) in [6.07, 6.45) is 0. The molecule has 4 heteroatoms. The van der Waals surface area contributed by atoms with Crippen molar-refractivity contribution in [1.29, 1.82) is 0 Å². The van der Waals surface area contributed by atoms with Crippen LogP contribution in [0.25, 0.3) is 0 Å². The zero-order valence-electron chi connectivity index (χ0n) is 14.6. The highest BCUT2D eigenvalue weighted by atomic mass is 16.5. The molecule has 1 aliphatic rings. The van der Waals surface area contributed by atoms with Crippen LogP contribution in [0.3, 0.4) is 0 Å². The van der Waals surface area contributed by atoms with Gasteiger partial charge in [-0.05, 0) is 67.3 Å². The number of anilines is 1. The molecule has 4 nitrogen and oxygen atoms in total. The summed E-state index contributed by atoms with van der Waals surface area (Å²) in [4.78, 5) is 14.5. The Balaban J connectivity index is 1.56. The molecule has 0 bridgehead atoms. The number of rotatable bonds is 5. The van der Waals surface area contributed by atoms with Crippen molar-refractivity contribution in [3.63, 3.8) is 0 Å². The van der Waals surface area contributed by atoms with Crippen molar-refractivity contribution in [2.45, 2.75) is 33.9 Å². The fourth-order valence-corrected chi connectivity index (χ4v) is 3.08. The monoisotopic (exact) mass is 324 g/mol. The molecule has 0 fully saturated rings. The number of hydrogen-bond acceptors (Lipinski definition) is 3. The number of ether oxygens (including phenoxy) is 1. The van der Waals surface area contributed by atoms with Crippen LogP contribution in [0.1, 0.15) is 29.2 Å². The lowest BCUT2D eigenvalue weighted by Crippen LogP contribution is -2.29. The van der Waals surface area contributed by atoms with Gasteiger partial charge in [-0.3, -0.25) is 9.69 Å². The first kappa shape index (κ1) is 16.5. The van der Waals surface area contributed by atoms with Crippen LogP contribution in [0.4, 0.5) is 5.69 Å². The molecule has 0 saturated carbocycles. The molecule has 0 aromatic heterocycles. The molecular weight excluding hydrogens is 300 g/mol. The van der Waals surface area contributed by atoms with Crippen molar-refractivity contribution in [3.8, 4) is 5.75 Å². The van der Waals surface area contributed by atoms with Gasteiger partial charge in [-0.15, -0.1) is 0 Å². The number of nitrogens with zero attached hydrogens (tertiary/aromatic N) is 1. The third kappa shape index (κ3) is 3.77. The molecule has 2 aromatic carbocycles. The van der Waals surface area contributed by atoms with Gasteiger partial charge in [0, 0.05) is 18.8 Å². The summed E-state index contributed by atoms with van der Waals surface area (Å²) in [5.41, 5.74) is 6.11. The number of aryl methyl sites for hydroxylation is 2. The Kier molecular flexibility index (Phi) is 4.86. The van der Waals surface area contributed by atoms with Crippen molar-refractivity contribution in [2.75, 3.05) is 18.5 Å². The third-order valence-corrected chi connectivity index (χ3v) is 4.42. The Labute approximate surface area is 143 Å². The van der Waals surface area contributed by atoms with Gasteiger partial charge in [0.25, 0.3) is 0 Å². The van der Waals surface area contributed by atoms with Crippen LogP contribution in [0.2, 0.25) is 0 Å². The van der Waals surface area contributed by atoms with Gasteiger partial charge in [-0.1, -0.05) is 12.1 Å². The minimum Gasteiger partial charge on any atom is -0.494 e. The van der Waals surface area contributed by atoms with Gasteiger partial charge >= 0.3 is 0 Å². The summed E-state index contributed by atoms with van der Waals surface area (Å²) in [6, 6.07) is 12.0. The molecule has 2 aromatic rings. The van der Waals surface area contributed by atoms with Crippen molar-refractivity contribution in [1.82, 2.24) is 4.90 Å². The summed E-state index contributed by atoms with van der Waals surface area (Å²) in [7, 11) is 0.